The number of nitrogens with one attached hydrogen (secondary N) is 1. The Morgan fingerprint density at radius 1 is 1.26 bits per heavy atom. The lowest BCUT2D eigenvalue weighted by molar-refractivity contribution is 0.892. The van der Waals surface area contributed by atoms with E-state index in [2.05, 4.69) is 47.3 Å². The van der Waals surface area contributed by atoms with E-state index in [-0.39, 0.29) is 6.04 Å². The SMILES string of the molecule is Cc1ncsc1C(C)Nc1cccc2cnccc12. The molecule has 0 radical (unpaired) electrons. The molecule has 0 spiro atoms. The van der Waals surface area contributed by atoms with Crippen molar-refractivity contribution in [2.45, 2.75) is 19.9 Å². The van der Waals surface area contributed by atoms with Crippen LogP contribution in [0.2, 0.25) is 0 Å². The Hall–Kier alpha value is -1.94. The Bertz CT molecular complexity index is 700. The van der Waals surface area contributed by atoms with E-state index in [4.69, 9.17) is 0 Å². The van der Waals surface area contributed by atoms with Gasteiger partial charge in [0.25, 0.3) is 0 Å². The third-order valence-corrected chi connectivity index (χ3v) is 4.34. The molecule has 0 fully saturated rings. The standard InChI is InChI=1S/C15H15N3S/c1-10-15(19-9-17-10)11(2)18-14-5-3-4-12-8-16-7-6-13(12)14/h3-9,11,18H,1-2H3. The fraction of sp³-hybridized carbons (Fsp3) is 0.200. The maximum Gasteiger partial charge on any atom is 0.0798 e. The first-order chi connectivity index (χ1) is 9.25. The molecule has 0 saturated heterocycles. The second-order valence-electron chi connectivity index (χ2n) is 4.57. The molecule has 3 aromatic rings. The first-order valence-corrected chi connectivity index (χ1v) is 7.13. The summed E-state index contributed by atoms with van der Waals surface area (Å²) in [5, 5.41) is 5.92. The van der Waals surface area contributed by atoms with Crippen LogP contribution in [0.1, 0.15) is 23.5 Å². The second-order valence-corrected chi connectivity index (χ2v) is 5.46. The largest absolute Gasteiger partial charge is 0.377 e. The van der Waals surface area contributed by atoms with Gasteiger partial charge in [-0.2, -0.15) is 0 Å². The highest BCUT2D eigenvalue weighted by atomic mass is 32.1. The van der Waals surface area contributed by atoms with Crippen LogP contribution in [0, 0.1) is 6.92 Å². The molecule has 19 heavy (non-hydrogen) atoms. The van der Waals surface area contributed by atoms with Gasteiger partial charge in [-0.3, -0.25) is 4.98 Å². The summed E-state index contributed by atoms with van der Waals surface area (Å²) >= 11 is 1.70. The van der Waals surface area contributed by atoms with Gasteiger partial charge in [0.1, 0.15) is 0 Å². The minimum atomic E-state index is 0.256. The zero-order chi connectivity index (χ0) is 13.2. The molecule has 96 valence electrons. The number of thiazole rings is 1. The monoisotopic (exact) mass is 269 g/mol. The van der Waals surface area contributed by atoms with Crippen molar-refractivity contribution in [1.29, 1.82) is 0 Å². The summed E-state index contributed by atoms with van der Waals surface area (Å²) in [5.41, 5.74) is 4.14. The highest BCUT2D eigenvalue weighted by molar-refractivity contribution is 7.09. The third-order valence-electron chi connectivity index (χ3n) is 3.23. The van der Waals surface area contributed by atoms with Crippen LogP contribution in [-0.4, -0.2) is 9.97 Å². The summed E-state index contributed by atoms with van der Waals surface area (Å²) in [5.74, 6) is 0. The predicted octanol–water partition coefficient (Wildman–Crippen LogP) is 4.17. The molecule has 0 aliphatic rings. The van der Waals surface area contributed by atoms with Crippen LogP contribution in [0.5, 0.6) is 0 Å². The molecule has 1 atom stereocenters. The molecule has 1 aromatic carbocycles. The number of hydrogen-bond acceptors (Lipinski definition) is 4. The van der Waals surface area contributed by atoms with Crippen LogP contribution in [0.15, 0.2) is 42.2 Å². The summed E-state index contributed by atoms with van der Waals surface area (Å²) in [6, 6.07) is 8.54. The summed E-state index contributed by atoms with van der Waals surface area (Å²) < 4.78 is 0. The van der Waals surface area contributed by atoms with E-state index in [0.29, 0.717) is 0 Å². The number of benzene rings is 1. The first kappa shape index (κ1) is 12.1. The lowest BCUT2D eigenvalue weighted by Crippen LogP contribution is -2.06. The van der Waals surface area contributed by atoms with Gasteiger partial charge in [-0.1, -0.05) is 12.1 Å². The van der Waals surface area contributed by atoms with E-state index < -0.39 is 0 Å². The van der Waals surface area contributed by atoms with Crippen LogP contribution in [0.4, 0.5) is 5.69 Å². The van der Waals surface area contributed by atoms with Crippen molar-refractivity contribution in [3.05, 3.63) is 52.7 Å². The van der Waals surface area contributed by atoms with Gasteiger partial charge in [-0.25, -0.2) is 4.98 Å². The lowest BCUT2D eigenvalue weighted by atomic mass is 10.1. The number of aromatic nitrogens is 2. The maximum atomic E-state index is 4.31. The number of hydrogen-bond donors (Lipinski definition) is 1. The Morgan fingerprint density at radius 3 is 2.95 bits per heavy atom. The van der Waals surface area contributed by atoms with Gasteiger partial charge >= 0.3 is 0 Å². The van der Waals surface area contributed by atoms with Crippen LogP contribution in [0.3, 0.4) is 0 Å². The maximum absolute atomic E-state index is 4.31. The van der Waals surface area contributed by atoms with Crippen LogP contribution in [0.25, 0.3) is 10.8 Å². The van der Waals surface area contributed by atoms with Gasteiger partial charge < -0.3 is 5.32 Å². The number of fused-ring (bicyclic) bond motifs is 1. The van der Waals surface area contributed by atoms with Crippen molar-refractivity contribution >= 4 is 27.8 Å². The zero-order valence-corrected chi connectivity index (χ0v) is 11.7. The molecule has 2 heterocycles. The summed E-state index contributed by atoms with van der Waals surface area (Å²) in [6.45, 7) is 4.22. The fourth-order valence-electron chi connectivity index (χ4n) is 2.27. The second kappa shape index (κ2) is 4.97. The number of anilines is 1. The van der Waals surface area contributed by atoms with Gasteiger partial charge in [-0.05, 0) is 26.0 Å². The molecule has 2 aromatic heterocycles. The van der Waals surface area contributed by atoms with Gasteiger partial charge in [0.15, 0.2) is 0 Å². The normalized spacial score (nSPS) is 12.5. The molecule has 0 amide bonds. The number of rotatable bonds is 3. The Labute approximate surface area is 116 Å². The van der Waals surface area contributed by atoms with E-state index in [9.17, 15) is 0 Å². The molecule has 0 saturated carbocycles. The van der Waals surface area contributed by atoms with Crippen molar-refractivity contribution < 1.29 is 0 Å². The fourth-order valence-corrected chi connectivity index (χ4v) is 3.08. The molecular formula is C15H15N3S. The third kappa shape index (κ3) is 2.31. The van der Waals surface area contributed by atoms with Crippen molar-refractivity contribution in [1.82, 2.24) is 9.97 Å². The molecular weight excluding hydrogens is 254 g/mol. The lowest BCUT2D eigenvalue weighted by Gasteiger charge is -2.16. The van der Waals surface area contributed by atoms with E-state index in [1.165, 1.54) is 10.3 Å². The molecule has 3 rings (SSSR count). The van der Waals surface area contributed by atoms with Crippen LogP contribution < -0.4 is 5.32 Å². The first-order valence-electron chi connectivity index (χ1n) is 6.25. The van der Waals surface area contributed by atoms with E-state index in [1.807, 2.05) is 24.0 Å². The molecule has 4 heteroatoms. The Kier molecular flexibility index (Phi) is 3.17. The van der Waals surface area contributed by atoms with Crippen LogP contribution in [-0.2, 0) is 0 Å². The quantitative estimate of drug-likeness (QED) is 0.775. The molecule has 0 aliphatic carbocycles. The number of pyridine rings is 1. The van der Waals surface area contributed by atoms with Crippen LogP contribution >= 0.6 is 11.3 Å². The average Bonchev–Trinajstić information content (AvgIpc) is 2.85. The van der Waals surface area contributed by atoms with Gasteiger partial charge in [-0.15, -0.1) is 11.3 Å². The average molecular weight is 269 g/mol. The highest BCUT2D eigenvalue weighted by Gasteiger charge is 2.11. The number of aryl methyl sites for hydroxylation is 1. The smallest absolute Gasteiger partial charge is 0.0798 e. The highest BCUT2D eigenvalue weighted by Crippen LogP contribution is 2.29. The molecule has 0 aliphatic heterocycles. The summed E-state index contributed by atoms with van der Waals surface area (Å²) in [4.78, 5) is 9.75. The molecule has 3 nitrogen and oxygen atoms in total. The molecule has 0 bridgehead atoms. The molecule has 1 unspecified atom stereocenters. The Balaban J connectivity index is 1.96. The predicted molar refractivity (Wildman–Crippen MR) is 80.6 cm³/mol. The summed E-state index contributed by atoms with van der Waals surface area (Å²) in [6.07, 6.45) is 3.72. The van der Waals surface area contributed by atoms with E-state index in [1.54, 1.807) is 11.3 Å². The van der Waals surface area contributed by atoms with Crippen molar-refractivity contribution in [3.63, 3.8) is 0 Å². The van der Waals surface area contributed by atoms with E-state index >= 15 is 0 Å². The minimum absolute atomic E-state index is 0.256. The van der Waals surface area contributed by atoms with Crippen molar-refractivity contribution in [2.24, 2.45) is 0 Å². The summed E-state index contributed by atoms with van der Waals surface area (Å²) in [7, 11) is 0. The van der Waals surface area contributed by atoms with E-state index in [0.717, 1.165) is 16.8 Å². The van der Waals surface area contributed by atoms with Gasteiger partial charge in [0, 0.05) is 33.7 Å². The topological polar surface area (TPSA) is 37.8 Å². The van der Waals surface area contributed by atoms with Crippen molar-refractivity contribution in [2.75, 3.05) is 5.32 Å². The number of nitrogens with zero attached hydrogens (tertiary/aromatic N) is 2. The minimum Gasteiger partial charge on any atom is -0.377 e. The molecule has 1 N–H and O–H groups in total. The Morgan fingerprint density at radius 2 is 2.16 bits per heavy atom. The van der Waals surface area contributed by atoms with Gasteiger partial charge in [0.2, 0.25) is 0 Å². The zero-order valence-electron chi connectivity index (χ0n) is 10.9. The van der Waals surface area contributed by atoms with Gasteiger partial charge in [0.05, 0.1) is 17.2 Å². The van der Waals surface area contributed by atoms with Crippen molar-refractivity contribution in [3.8, 4) is 0 Å².